The number of ether oxygens (including phenoxy) is 1. The molecule has 5 nitrogen and oxygen atoms in total. The first kappa shape index (κ1) is 15.7. The summed E-state index contributed by atoms with van der Waals surface area (Å²) in [6.45, 7) is 6.23. The van der Waals surface area contributed by atoms with Gasteiger partial charge < -0.3 is 9.84 Å². The van der Waals surface area contributed by atoms with E-state index in [1.165, 1.54) is 12.1 Å². The van der Waals surface area contributed by atoms with Crippen LogP contribution in [-0.2, 0) is 4.79 Å². The van der Waals surface area contributed by atoms with E-state index in [0.717, 1.165) is 32.7 Å². The zero-order chi connectivity index (χ0) is 15.2. The minimum Gasteiger partial charge on any atom is -0.492 e. The smallest absolute Gasteiger partial charge is 0.320 e. The molecule has 1 aliphatic heterocycles. The molecule has 0 saturated carbocycles. The Labute approximate surface area is 123 Å². The van der Waals surface area contributed by atoms with Crippen molar-refractivity contribution in [2.45, 2.75) is 13.0 Å². The van der Waals surface area contributed by atoms with Gasteiger partial charge in [-0.15, -0.1) is 0 Å². The van der Waals surface area contributed by atoms with Crippen molar-refractivity contribution in [3.05, 3.63) is 30.1 Å². The van der Waals surface area contributed by atoms with Crippen LogP contribution in [0.15, 0.2) is 24.3 Å². The maximum atomic E-state index is 12.7. The number of carboxylic acids is 1. The van der Waals surface area contributed by atoms with Gasteiger partial charge in [-0.05, 0) is 31.2 Å². The molecule has 1 unspecified atom stereocenters. The number of hydrogen-bond donors (Lipinski definition) is 1. The lowest BCUT2D eigenvalue weighted by Crippen LogP contribution is -2.52. The van der Waals surface area contributed by atoms with Gasteiger partial charge in [-0.2, -0.15) is 0 Å². The van der Waals surface area contributed by atoms with Gasteiger partial charge in [0, 0.05) is 32.7 Å². The lowest BCUT2D eigenvalue weighted by atomic mass is 10.2. The molecule has 116 valence electrons. The summed E-state index contributed by atoms with van der Waals surface area (Å²) >= 11 is 0. The van der Waals surface area contributed by atoms with Crippen LogP contribution in [-0.4, -0.2) is 66.2 Å². The second-order valence-corrected chi connectivity index (χ2v) is 5.19. The van der Waals surface area contributed by atoms with E-state index in [0.29, 0.717) is 12.4 Å². The summed E-state index contributed by atoms with van der Waals surface area (Å²) in [5.41, 5.74) is 0. The van der Waals surface area contributed by atoms with Crippen molar-refractivity contribution in [3.63, 3.8) is 0 Å². The Bertz CT molecular complexity index is 458. The van der Waals surface area contributed by atoms with E-state index in [-0.39, 0.29) is 5.82 Å². The topological polar surface area (TPSA) is 53.0 Å². The van der Waals surface area contributed by atoms with Crippen molar-refractivity contribution >= 4 is 5.97 Å². The van der Waals surface area contributed by atoms with Gasteiger partial charge in [-0.3, -0.25) is 14.6 Å². The SMILES string of the molecule is CC(C(=O)O)N1CCN(CCOc2ccc(F)cc2)CC1. The highest BCUT2D eigenvalue weighted by molar-refractivity contribution is 5.72. The molecule has 21 heavy (non-hydrogen) atoms. The molecular formula is C15H21FN2O3. The monoisotopic (exact) mass is 296 g/mol. The third-order valence-electron chi connectivity index (χ3n) is 3.80. The van der Waals surface area contributed by atoms with Gasteiger partial charge in [0.1, 0.15) is 24.2 Å². The summed E-state index contributed by atoms with van der Waals surface area (Å²) in [6, 6.07) is 5.55. The van der Waals surface area contributed by atoms with Gasteiger partial charge >= 0.3 is 5.97 Å². The molecule has 0 spiro atoms. The normalized spacial score (nSPS) is 18.4. The molecule has 0 aromatic heterocycles. The number of benzene rings is 1. The summed E-state index contributed by atoms with van der Waals surface area (Å²) < 4.78 is 18.3. The number of rotatable bonds is 6. The van der Waals surface area contributed by atoms with Crippen molar-refractivity contribution in [2.75, 3.05) is 39.3 Å². The highest BCUT2D eigenvalue weighted by Gasteiger charge is 2.24. The summed E-state index contributed by atoms with van der Waals surface area (Å²) in [5, 5.41) is 8.99. The highest BCUT2D eigenvalue weighted by atomic mass is 19.1. The Morgan fingerprint density at radius 1 is 1.29 bits per heavy atom. The van der Waals surface area contributed by atoms with Crippen LogP contribution < -0.4 is 4.74 Å². The van der Waals surface area contributed by atoms with Crippen LogP contribution in [0.4, 0.5) is 4.39 Å². The maximum Gasteiger partial charge on any atom is 0.320 e. The maximum absolute atomic E-state index is 12.7. The molecule has 1 heterocycles. The predicted octanol–water partition coefficient (Wildman–Crippen LogP) is 1.30. The number of piperazine rings is 1. The fraction of sp³-hybridized carbons (Fsp3) is 0.533. The Morgan fingerprint density at radius 3 is 2.48 bits per heavy atom. The number of carbonyl (C=O) groups is 1. The number of halogens is 1. The standard InChI is InChI=1S/C15H21FN2O3/c1-12(15(19)20)18-8-6-17(7-9-18)10-11-21-14-4-2-13(16)3-5-14/h2-5,12H,6-11H2,1H3,(H,19,20). The lowest BCUT2D eigenvalue weighted by Gasteiger charge is -2.36. The largest absolute Gasteiger partial charge is 0.492 e. The molecule has 1 aromatic carbocycles. The van der Waals surface area contributed by atoms with Crippen molar-refractivity contribution in [1.29, 1.82) is 0 Å². The summed E-state index contributed by atoms with van der Waals surface area (Å²) in [4.78, 5) is 15.1. The van der Waals surface area contributed by atoms with E-state index in [1.807, 2.05) is 4.90 Å². The van der Waals surface area contributed by atoms with Gasteiger partial charge in [0.2, 0.25) is 0 Å². The first-order valence-corrected chi connectivity index (χ1v) is 7.14. The molecular weight excluding hydrogens is 275 g/mol. The number of nitrogens with zero attached hydrogens (tertiary/aromatic N) is 2. The quantitative estimate of drug-likeness (QED) is 0.857. The van der Waals surface area contributed by atoms with E-state index in [9.17, 15) is 9.18 Å². The molecule has 1 aromatic rings. The van der Waals surface area contributed by atoms with Crippen molar-refractivity contribution in [1.82, 2.24) is 9.80 Å². The predicted molar refractivity (Wildman–Crippen MR) is 77.0 cm³/mol. The molecule has 1 N–H and O–H groups in total. The van der Waals surface area contributed by atoms with Gasteiger partial charge in [0.15, 0.2) is 0 Å². The number of carboxylic acid groups (broad SMARTS) is 1. The van der Waals surface area contributed by atoms with Crippen LogP contribution in [0.1, 0.15) is 6.92 Å². The fourth-order valence-electron chi connectivity index (χ4n) is 2.35. The molecule has 2 rings (SSSR count). The van der Waals surface area contributed by atoms with Gasteiger partial charge in [-0.1, -0.05) is 0 Å². The molecule has 6 heteroatoms. The molecule has 0 aliphatic carbocycles. The summed E-state index contributed by atoms with van der Waals surface area (Å²) in [5.74, 6) is -0.386. The molecule has 0 radical (unpaired) electrons. The summed E-state index contributed by atoms with van der Waals surface area (Å²) in [6.07, 6.45) is 0. The zero-order valence-electron chi connectivity index (χ0n) is 12.2. The van der Waals surface area contributed by atoms with Crippen LogP contribution in [0.2, 0.25) is 0 Å². The average Bonchev–Trinajstić information content (AvgIpc) is 2.49. The molecule has 1 fully saturated rings. The Kier molecular flexibility index (Phi) is 5.52. The third kappa shape index (κ3) is 4.68. The number of hydrogen-bond acceptors (Lipinski definition) is 4. The zero-order valence-corrected chi connectivity index (χ0v) is 12.2. The van der Waals surface area contributed by atoms with Gasteiger partial charge in [0.25, 0.3) is 0 Å². The second-order valence-electron chi connectivity index (χ2n) is 5.19. The first-order valence-electron chi connectivity index (χ1n) is 7.14. The third-order valence-corrected chi connectivity index (χ3v) is 3.80. The van der Waals surface area contributed by atoms with E-state index in [4.69, 9.17) is 9.84 Å². The van der Waals surface area contributed by atoms with Crippen LogP contribution in [0, 0.1) is 5.82 Å². The molecule has 0 amide bonds. The van der Waals surface area contributed by atoms with E-state index in [1.54, 1.807) is 19.1 Å². The first-order chi connectivity index (χ1) is 10.1. The van der Waals surface area contributed by atoms with Crippen LogP contribution in [0.3, 0.4) is 0 Å². The van der Waals surface area contributed by atoms with Crippen molar-refractivity contribution in [2.24, 2.45) is 0 Å². The highest BCUT2D eigenvalue weighted by Crippen LogP contribution is 2.11. The molecule has 1 aliphatic rings. The number of aliphatic carboxylic acids is 1. The Morgan fingerprint density at radius 2 is 1.90 bits per heavy atom. The molecule has 1 atom stereocenters. The Balaban J connectivity index is 1.67. The van der Waals surface area contributed by atoms with E-state index in [2.05, 4.69) is 4.90 Å². The average molecular weight is 296 g/mol. The van der Waals surface area contributed by atoms with Gasteiger partial charge in [0.05, 0.1) is 0 Å². The lowest BCUT2D eigenvalue weighted by molar-refractivity contribution is -0.143. The van der Waals surface area contributed by atoms with Crippen molar-refractivity contribution < 1.29 is 19.0 Å². The fourth-order valence-corrected chi connectivity index (χ4v) is 2.35. The Hall–Kier alpha value is -1.66. The molecule has 0 bridgehead atoms. The minimum atomic E-state index is -0.775. The van der Waals surface area contributed by atoms with Crippen molar-refractivity contribution in [3.8, 4) is 5.75 Å². The van der Waals surface area contributed by atoms with Crippen LogP contribution in [0.5, 0.6) is 5.75 Å². The van der Waals surface area contributed by atoms with E-state index >= 15 is 0 Å². The second kappa shape index (κ2) is 7.38. The van der Waals surface area contributed by atoms with E-state index < -0.39 is 12.0 Å². The molecule has 1 saturated heterocycles. The summed E-state index contributed by atoms with van der Waals surface area (Å²) in [7, 11) is 0. The van der Waals surface area contributed by atoms with Crippen LogP contribution >= 0.6 is 0 Å². The minimum absolute atomic E-state index is 0.272. The van der Waals surface area contributed by atoms with Crippen LogP contribution in [0.25, 0.3) is 0 Å². The van der Waals surface area contributed by atoms with Gasteiger partial charge in [-0.25, -0.2) is 4.39 Å².